The van der Waals surface area contributed by atoms with Crippen LogP contribution in [0.1, 0.15) is 32.7 Å². The Labute approximate surface area is 170 Å². The van der Waals surface area contributed by atoms with Crippen LogP contribution in [-0.4, -0.2) is 31.9 Å². The molecule has 1 atom stereocenters. The highest BCUT2D eigenvalue weighted by Gasteiger charge is 2.35. The molecule has 2 aromatic heterocycles. The molecule has 2 aliphatic rings. The van der Waals surface area contributed by atoms with Crippen molar-refractivity contribution in [2.45, 2.75) is 20.0 Å². The van der Waals surface area contributed by atoms with Gasteiger partial charge in [0.05, 0.1) is 19.9 Å². The van der Waals surface area contributed by atoms with Crippen molar-refractivity contribution in [1.29, 1.82) is 0 Å². The first kappa shape index (κ1) is 17.9. The van der Waals surface area contributed by atoms with Gasteiger partial charge in [0.1, 0.15) is 15.9 Å². The molecule has 1 aromatic carbocycles. The van der Waals surface area contributed by atoms with Gasteiger partial charge in [-0.15, -0.1) is 11.3 Å². The summed E-state index contributed by atoms with van der Waals surface area (Å²) < 4.78 is 22.2. The first-order chi connectivity index (χ1) is 14.0. The molecular formula is C20H19N3O5S. The molecule has 8 nitrogen and oxygen atoms in total. The number of benzene rings is 1. The minimum Gasteiger partial charge on any atom is -0.493 e. The maximum Gasteiger partial charge on any atom is 0.265 e. The lowest BCUT2D eigenvalue weighted by atomic mass is 10.0. The molecule has 0 bridgehead atoms. The number of aromatic nitrogens is 1. The number of carbonyl (C=O) groups excluding carboxylic acids is 1. The number of aryl methyl sites for hydroxylation is 2. The van der Waals surface area contributed by atoms with Gasteiger partial charge in [0.25, 0.3) is 5.91 Å². The van der Waals surface area contributed by atoms with Crippen molar-refractivity contribution < 1.29 is 23.7 Å². The molecule has 2 aliphatic heterocycles. The summed E-state index contributed by atoms with van der Waals surface area (Å²) in [5, 5.41) is 7.41. The fraction of sp³-hybridized carbons (Fsp3) is 0.300. The maximum atomic E-state index is 12.9. The Balaban J connectivity index is 1.67. The van der Waals surface area contributed by atoms with E-state index in [1.54, 1.807) is 20.3 Å². The zero-order valence-corrected chi connectivity index (χ0v) is 17.2. The molecule has 0 unspecified atom stereocenters. The summed E-state index contributed by atoms with van der Waals surface area (Å²) in [5.74, 6) is 1.80. The summed E-state index contributed by atoms with van der Waals surface area (Å²) in [7, 11) is 3.11. The Bertz CT molecular complexity index is 1170. The van der Waals surface area contributed by atoms with Crippen molar-refractivity contribution in [2.75, 3.05) is 26.3 Å². The molecule has 0 fully saturated rings. The second kappa shape index (κ2) is 6.41. The summed E-state index contributed by atoms with van der Waals surface area (Å²) in [6, 6.07) is 3.81. The monoisotopic (exact) mass is 413 g/mol. The molecule has 0 radical (unpaired) electrons. The quantitative estimate of drug-likeness (QED) is 0.679. The van der Waals surface area contributed by atoms with Gasteiger partial charge < -0.3 is 29.6 Å². The number of rotatable bonds is 3. The van der Waals surface area contributed by atoms with E-state index in [-0.39, 0.29) is 12.7 Å². The molecular weight excluding hydrogens is 394 g/mol. The van der Waals surface area contributed by atoms with Gasteiger partial charge in [0.15, 0.2) is 11.5 Å². The highest BCUT2D eigenvalue weighted by atomic mass is 32.1. The van der Waals surface area contributed by atoms with Crippen molar-refractivity contribution >= 4 is 33.1 Å². The molecule has 0 spiro atoms. The summed E-state index contributed by atoms with van der Waals surface area (Å²) in [6.07, 6.45) is -0.535. The van der Waals surface area contributed by atoms with Crippen molar-refractivity contribution in [3.05, 3.63) is 33.8 Å². The Morgan fingerprint density at radius 3 is 2.69 bits per heavy atom. The molecule has 1 amide bonds. The number of nitrogens with one attached hydrogen (secondary N) is 2. The van der Waals surface area contributed by atoms with Crippen LogP contribution in [0.25, 0.3) is 10.2 Å². The second-order valence-corrected chi connectivity index (χ2v) is 7.88. The lowest BCUT2D eigenvalue weighted by Gasteiger charge is -2.28. The zero-order valence-electron chi connectivity index (χ0n) is 16.3. The van der Waals surface area contributed by atoms with Crippen LogP contribution >= 0.6 is 11.3 Å². The lowest BCUT2D eigenvalue weighted by molar-refractivity contribution is 0.0939. The number of anilines is 1. The fourth-order valence-electron chi connectivity index (χ4n) is 3.88. The molecule has 2 N–H and O–H groups in total. The first-order valence-corrected chi connectivity index (χ1v) is 9.86. The minimum atomic E-state index is -0.535. The Morgan fingerprint density at radius 2 is 1.93 bits per heavy atom. The zero-order chi connectivity index (χ0) is 20.3. The van der Waals surface area contributed by atoms with Crippen LogP contribution in [0.5, 0.6) is 23.0 Å². The predicted octanol–water partition coefficient (Wildman–Crippen LogP) is 3.51. The van der Waals surface area contributed by atoms with Crippen LogP contribution in [0.2, 0.25) is 0 Å². The van der Waals surface area contributed by atoms with Gasteiger partial charge in [0.2, 0.25) is 18.3 Å². The molecule has 4 heterocycles. The van der Waals surface area contributed by atoms with Crippen LogP contribution in [0.15, 0.2) is 12.1 Å². The topological polar surface area (TPSA) is 90.9 Å². The van der Waals surface area contributed by atoms with Crippen LogP contribution in [0, 0.1) is 13.8 Å². The van der Waals surface area contributed by atoms with Gasteiger partial charge in [0, 0.05) is 16.6 Å². The highest BCUT2D eigenvalue weighted by Crippen LogP contribution is 2.52. The third-order valence-electron chi connectivity index (χ3n) is 5.08. The van der Waals surface area contributed by atoms with E-state index < -0.39 is 6.17 Å². The maximum absolute atomic E-state index is 12.9. The number of fused-ring (bicyclic) bond motifs is 4. The lowest BCUT2D eigenvalue weighted by Crippen LogP contribution is -2.37. The average Bonchev–Trinajstić information content (AvgIpc) is 3.31. The predicted molar refractivity (Wildman–Crippen MR) is 109 cm³/mol. The number of hydrogen-bond donors (Lipinski definition) is 2. The molecule has 29 heavy (non-hydrogen) atoms. The molecule has 9 heteroatoms. The van der Waals surface area contributed by atoms with Gasteiger partial charge in [-0.2, -0.15) is 0 Å². The normalized spacial score (nSPS) is 17.0. The molecule has 0 saturated carbocycles. The van der Waals surface area contributed by atoms with Crippen molar-refractivity contribution in [3.8, 4) is 23.0 Å². The van der Waals surface area contributed by atoms with Gasteiger partial charge in [-0.25, -0.2) is 4.98 Å². The van der Waals surface area contributed by atoms with E-state index in [2.05, 4.69) is 15.6 Å². The van der Waals surface area contributed by atoms with Crippen LogP contribution in [0.3, 0.4) is 0 Å². The number of methoxy groups -OCH3 is 2. The summed E-state index contributed by atoms with van der Waals surface area (Å²) in [4.78, 5) is 19.0. The van der Waals surface area contributed by atoms with E-state index in [9.17, 15) is 4.79 Å². The molecule has 0 aliphatic carbocycles. The first-order valence-electron chi connectivity index (χ1n) is 9.04. The van der Waals surface area contributed by atoms with E-state index in [0.29, 0.717) is 33.4 Å². The number of hydrogen-bond acceptors (Lipinski definition) is 8. The SMILES string of the molecule is COc1cc([C@@H]2NC(=O)c3sc4nc(C)cc(C)c4c3N2)c(OC)c2c1OCO2. The van der Waals surface area contributed by atoms with Crippen molar-refractivity contribution in [1.82, 2.24) is 10.3 Å². The average molecular weight is 413 g/mol. The largest absolute Gasteiger partial charge is 0.493 e. The van der Waals surface area contributed by atoms with Crippen LogP contribution in [-0.2, 0) is 0 Å². The molecule has 3 aromatic rings. The van der Waals surface area contributed by atoms with E-state index in [4.69, 9.17) is 18.9 Å². The van der Waals surface area contributed by atoms with Crippen molar-refractivity contribution in [3.63, 3.8) is 0 Å². The van der Waals surface area contributed by atoms with Gasteiger partial charge >= 0.3 is 0 Å². The number of ether oxygens (including phenoxy) is 4. The van der Waals surface area contributed by atoms with E-state index in [1.165, 1.54) is 11.3 Å². The molecule has 5 rings (SSSR count). The van der Waals surface area contributed by atoms with Crippen LogP contribution < -0.4 is 29.6 Å². The third kappa shape index (κ3) is 2.57. The number of thiophene rings is 1. The Morgan fingerprint density at radius 1 is 1.14 bits per heavy atom. The number of amides is 1. The summed E-state index contributed by atoms with van der Waals surface area (Å²) in [6.45, 7) is 4.06. The number of nitrogens with zero attached hydrogens (tertiary/aromatic N) is 1. The number of pyridine rings is 1. The molecule has 150 valence electrons. The van der Waals surface area contributed by atoms with E-state index >= 15 is 0 Å². The van der Waals surface area contributed by atoms with Gasteiger partial charge in [-0.05, 0) is 31.5 Å². The second-order valence-electron chi connectivity index (χ2n) is 6.88. The summed E-state index contributed by atoms with van der Waals surface area (Å²) in [5.41, 5.74) is 3.46. The van der Waals surface area contributed by atoms with Crippen molar-refractivity contribution in [2.24, 2.45) is 0 Å². The van der Waals surface area contributed by atoms with E-state index in [0.717, 1.165) is 27.2 Å². The standard InChI is InChI=1S/C20H19N3O5S/c1-8-5-9(2)21-20-12(8)13-17(29-20)19(24)23-18(22-13)10-6-11(25-3)15-16(14(10)26-4)28-7-27-15/h5-6,18,22H,7H2,1-4H3,(H,23,24)/t18-/m0/s1. The third-order valence-corrected chi connectivity index (χ3v) is 6.17. The Hall–Kier alpha value is -3.20. The Kier molecular flexibility index (Phi) is 3.95. The minimum absolute atomic E-state index is 0.0828. The molecule has 0 saturated heterocycles. The number of carbonyl (C=O) groups is 1. The smallest absolute Gasteiger partial charge is 0.265 e. The fourth-order valence-corrected chi connectivity index (χ4v) is 5.04. The highest BCUT2D eigenvalue weighted by molar-refractivity contribution is 7.21. The van der Waals surface area contributed by atoms with Gasteiger partial charge in [-0.1, -0.05) is 0 Å². The van der Waals surface area contributed by atoms with Gasteiger partial charge in [-0.3, -0.25) is 4.79 Å². The van der Waals surface area contributed by atoms with Crippen LogP contribution in [0.4, 0.5) is 5.69 Å². The van der Waals surface area contributed by atoms with E-state index in [1.807, 2.05) is 19.9 Å². The summed E-state index contributed by atoms with van der Waals surface area (Å²) >= 11 is 1.38.